The van der Waals surface area contributed by atoms with Gasteiger partial charge in [0.2, 0.25) is 0 Å². The molecule has 0 bridgehead atoms. The summed E-state index contributed by atoms with van der Waals surface area (Å²) in [7, 11) is -4.09. The molecule has 0 atom stereocenters. The molecule has 0 aliphatic heterocycles. The number of sulfonamides is 1. The number of aromatic nitrogens is 1. The van der Waals surface area contributed by atoms with Gasteiger partial charge in [-0.25, -0.2) is 12.7 Å². The van der Waals surface area contributed by atoms with Crippen molar-refractivity contribution in [3.63, 3.8) is 0 Å². The van der Waals surface area contributed by atoms with Crippen molar-refractivity contribution in [1.82, 2.24) is 4.98 Å². The summed E-state index contributed by atoms with van der Waals surface area (Å²) in [5, 5.41) is 12.6. The predicted octanol–water partition coefficient (Wildman–Crippen LogP) is 7.53. The molecular weight excluding hydrogens is 480 g/mol. The van der Waals surface area contributed by atoms with E-state index in [4.69, 9.17) is 0 Å². The first-order chi connectivity index (χ1) is 17.9. The summed E-state index contributed by atoms with van der Waals surface area (Å²) in [6, 6.07) is 34.8. The van der Waals surface area contributed by atoms with Crippen LogP contribution in [0.2, 0.25) is 0 Å². The molecular formula is C31H24N2O3S. The first-order valence-electron chi connectivity index (χ1n) is 11.9. The number of hydrogen-bond acceptors (Lipinski definition) is 3. The van der Waals surface area contributed by atoms with E-state index >= 15 is 0 Å². The van der Waals surface area contributed by atoms with Gasteiger partial charge >= 0.3 is 0 Å². The molecule has 0 unspecified atom stereocenters. The van der Waals surface area contributed by atoms with Crippen molar-refractivity contribution in [2.75, 3.05) is 4.31 Å². The fourth-order valence-electron chi connectivity index (χ4n) is 4.78. The predicted molar refractivity (Wildman–Crippen MR) is 150 cm³/mol. The molecule has 5 nitrogen and oxygen atoms in total. The van der Waals surface area contributed by atoms with E-state index in [-0.39, 0.29) is 10.6 Å². The summed E-state index contributed by atoms with van der Waals surface area (Å²) in [5.74, 6) is 0.0919. The first kappa shape index (κ1) is 22.9. The van der Waals surface area contributed by atoms with Gasteiger partial charge in [0.15, 0.2) is 0 Å². The van der Waals surface area contributed by atoms with Crippen LogP contribution in [0.1, 0.15) is 5.56 Å². The van der Waals surface area contributed by atoms with E-state index in [1.807, 2.05) is 79.7 Å². The van der Waals surface area contributed by atoms with Crippen molar-refractivity contribution in [1.29, 1.82) is 0 Å². The fourth-order valence-corrected chi connectivity index (χ4v) is 6.32. The maximum Gasteiger partial charge on any atom is 0.268 e. The van der Waals surface area contributed by atoms with Gasteiger partial charge in [-0.3, -0.25) is 0 Å². The number of H-pyrrole nitrogens is 1. The second-order valence-electron chi connectivity index (χ2n) is 8.99. The SMILES string of the molecule is Cc1ccc(S(=O)(=O)N(c2c(-c3ccccc3)[nH]c3ccccc23)c2ccc(O)c3ccccc23)cc1. The van der Waals surface area contributed by atoms with Crippen LogP contribution in [0.3, 0.4) is 0 Å². The average Bonchev–Trinajstić information content (AvgIpc) is 3.30. The topological polar surface area (TPSA) is 73.4 Å². The van der Waals surface area contributed by atoms with E-state index in [0.29, 0.717) is 27.8 Å². The quantitative estimate of drug-likeness (QED) is 0.255. The number of para-hydroxylation sites is 1. The largest absolute Gasteiger partial charge is 0.507 e. The van der Waals surface area contributed by atoms with Gasteiger partial charge in [0.05, 0.1) is 22.0 Å². The summed E-state index contributed by atoms with van der Waals surface area (Å²) in [5.41, 5.74) is 4.32. The minimum absolute atomic E-state index is 0.0919. The highest BCUT2D eigenvalue weighted by molar-refractivity contribution is 7.93. The smallest absolute Gasteiger partial charge is 0.268 e. The second kappa shape index (κ2) is 8.84. The fraction of sp³-hybridized carbons (Fsp3) is 0.0323. The molecule has 5 aromatic carbocycles. The molecule has 2 N–H and O–H groups in total. The van der Waals surface area contributed by atoms with E-state index in [1.54, 1.807) is 42.5 Å². The minimum Gasteiger partial charge on any atom is -0.507 e. The number of phenolic OH excluding ortho intramolecular Hbond substituents is 1. The van der Waals surface area contributed by atoms with Crippen molar-refractivity contribution in [3.8, 4) is 17.0 Å². The van der Waals surface area contributed by atoms with Gasteiger partial charge in [0, 0.05) is 27.2 Å². The zero-order chi connectivity index (χ0) is 25.6. The van der Waals surface area contributed by atoms with Crippen LogP contribution in [0.4, 0.5) is 11.4 Å². The van der Waals surface area contributed by atoms with Crippen molar-refractivity contribution >= 4 is 43.1 Å². The van der Waals surface area contributed by atoms with E-state index in [9.17, 15) is 13.5 Å². The van der Waals surface area contributed by atoms with Crippen molar-refractivity contribution in [2.24, 2.45) is 0 Å². The number of aromatic amines is 1. The number of aryl methyl sites for hydroxylation is 1. The Bertz CT molecular complexity index is 1860. The van der Waals surface area contributed by atoms with Crippen LogP contribution in [0, 0.1) is 6.92 Å². The second-order valence-corrected chi connectivity index (χ2v) is 10.8. The molecule has 0 aliphatic carbocycles. The van der Waals surface area contributed by atoms with Crippen LogP contribution in [0.15, 0.2) is 120 Å². The van der Waals surface area contributed by atoms with E-state index in [2.05, 4.69) is 4.98 Å². The molecule has 0 saturated carbocycles. The van der Waals surface area contributed by atoms with Gasteiger partial charge in [-0.15, -0.1) is 0 Å². The van der Waals surface area contributed by atoms with Crippen molar-refractivity contribution in [3.05, 3.63) is 121 Å². The number of nitrogens with zero attached hydrogens (tertiary/aromatic N) is 1. The molecule has 0 radical (unpaired) electrons. The lowest BCUT2D eigenvalue weighted by Crippen LogP contribution is -2.27. The molecule has 6 rings (SSSR count). The average molecular weight is 505 g/mol. The van der Waals surface area contributed by atoms with Crippen molar-refractivity contribution < 1.29 is 13.5 Å². The number of fused-ring (bicyclic) bond motifs is 2. The van der Waals surface area contributed by atoms with Crippen LogP contribution in [-0.2, 0) is 10.0 Å². The van der Waals surface area contributed by atoms with Gasteiger partial charge in [0.25, 0.3) is 10.0 Å². The molecule has 0 spiro atoms. The Balaban J connectivity index is 1.75. The molecule has 0 saturated heterocycles. The highest BCUT2D eigenvalue weighted by atomic mass is 32.2. The zero-order valence-electron chi connectivity index (χ0n) is 20.1. The zero-order valence-corrected chi connectivity index (χ0v) is 20.9. The number of nitrogens with one attached hydrogen (secondary N) is 1. The Morgan fingerprint density at radius 1 is 0.676 bits per heavy atom. The highest BCUT2D eigenvalue weighted by Gasteiger charge is 2.33. The number of aromatic hydroxyl groups is 1. The standard InChI is InChI=1S/C31H24N2O3S/c1-21-15-17-23(18-16-21)37(35,36)33(28-19-20-29(34)25-12-6-5-11-24(25)28)31-26-13-7-8-14-27(26)32-30(31)22-9-3-2-4-10-22/h2-20,32,34H,1H3. The molecule has 1 aromatic heterocycles. The molecule has 182 valence electrons. The molecule has 6 aromatic rings. The van der Waals surface area contributed by atoms with Crippen LogP contribution in [-0.4, -0.2) is 18.5 Å². The van der Waals surface area contributed by atoms with Crippen LogP contribution >= 0.6 is 0 Å². The monoisotopic (exact) mass is 504 g/mol. The van der Waals surface area contributed by atoms with Gasteiger partial charge < -0.3 is 10.1 Å². The van der Waals surface area contributed by atoms with E-state index < -0.39 is 10.0 Å². The lowest BCUT2D eigenvalue weighted by Gasteiger charge is -2.27. The third-order valence-electron chi connectivity index (χ3n) is 6.60. The summed E-state index contributed by atoms with van der Waals surface area (Å²) < 4.78 is 30.5. The molecule has 0 amide bonds. The Labute approximate surface area is 215 Å². The number of phenols is 1. The lowest BCUT2D eigenvalue weighted by molar-refractivity contribution is 0.481. The van der Waals surface area contributed by atoms with Gasteiger partial charge in [-0.05, 0) is 37.3 Å². The molecule has 0 aliphatic rings. The highest BCUT2D eigenvalue weighted by Crippen LogP contribution is 2.46. The Hall–Kier alpha value is -4.55. The molecule has 6 heteroatoms. The Kier molecular flexibility index (Phi) is 5.46. The summed E-state index contributed by atoms with van der Waals surface area (Å²) in [4.78, 5) is 3.65. The summed E-state index contributed by atoms with van der Waals surface area (Å²) in [6.07, 6.45) is 0. The number of anilines is 2. The van der Waals surface area contributed by atoms with E-state index in [0.717, 1.165) is 22.0 Å². The van der Waals surface area contributed by atoms with Gasteiger partial charge in [-0.1, -0.05) is 90.5 Å². The number of rotatable bonds is 5. The number of hydrogen-bond donors (Lipinski definition) is 2. The van der Waals surface area contributed by atoms with E-state index in [1.165, 1.54) is 4.31 Å². The van der Waals surface area contributed by atoms with Gasteiger partial charge in [-0.2, -0.15) is 0 Å². The van der Waals surface area contributed by atoms with Crippen LogP contribution in [0.25, 0.3) is 32.9 Å². The number of benzene rings is 5. The molecule has 1 heterocycles. The van der Waals surface area contributed by atoms with Gasteiger partial charge in [0.1, 0.15) is 5.75 Å². The third kappa shape index (κ3) is 3.82. The molecule has 0 fully saturated rings. The maximum atomic E-state index is 14.5. The normalized spacial score (nSPS) is 11.7. The Morgan fingerprint density at radius 3 is 2.03 bits per heavy atom. The first-order valence-corrected chi connectivity index (χ1v) is 13.4. The third-order valence-corrected chi connectivity index (χ3v) is 8.33. The summed E-state index contributed by atoms with van der Waals surface area (Å²) in [6.45, 7) is 1.93. The minimum atomic E-state index is -4.09. The summed E-state index contributed by atoms with van der Waals surface area (Å²) >= 11 is 0. The van der Waals surface area contributed by atoms with Crippen LogP contribution in [0.5, 0.6) is 5.75 Å². The lowest BCUT2D eigenvalue weighted by atomic mass is 10.1. The Morgan fingerprint density at radius 2 is 1.30 bits per heavy atom. The van der Waals surface area contributed by atoms with Crippen LogP contribution < -0.4 is 4.31 Å². The molecule has 37 heavy (non-hydrogen) atoms. The maximum absolute atomic E-state index is 14.5. The van der Waals surface area contributed by atoms with Crippen molar-refractivity contribution in [2.45, 2.75) is 11.8 Å².